The Morgan fingerprint density at radius 1 is 1.31 bits per heavy atom. The van der Waals surface area contributed by atoms with Crippen LogP contribution < -0.4 is 16.0 Å². The van der Waals surface area contributed by atoms with E-state index in [4.69, 9.17) is 5.26 Å². The zero-order valence-electron chi connectivity index (χ0n) is 18.7. The largest absolute Gasteiger partial charge is 0.384 e. The van der Waals surface area contributed by atoms with Gasteiger partial charge < -0.3 is 20.9 Å². The summed E-state index contributed by atoms with van der Waals surface area (Å²) >= 11 is 0. The fourth-order valence-electron chi connectivity index (χ4n) is 5.19. The average molecular weight is 443 g/mol. The van der Waals surface area contributed by atoms with Crippen molar-refractivity contribution in [3.63, 3.8) is 0 Å². The molecule has 0 bridgehead atoms. The van der Waals surface area contributed by atoms with Crippen LogP contribution in [0.1, 0.15) is 45.1 Å². The van der Waals surface area contributed by atoms with Crippen molar-refractivity contribution in [2.45, 2.75) is 51.1 Å². The molecule has 1 aromatic carbocycles. The zero-order chi connectivity index (χ0) is 22.9. The second kappa shape index (κ2) is 8.94. The number of rotatable bonds is 5. The number of anilines is 2. The second-order valence-electron chi connectivity index (χ2n) is 9.09. The molecule has 0 radical (unpaired) electrons. The highest BCUT2D eigenvalue weighted by Gasteiger charge is 2.49. The highest BCUT2D eigenvalue weighted by atomic mass is 19.1. The van der Waals surface area contributed by atoms with Crippen LogP contribution in [0, 0.1) is 23.2 Å². The topological polar surface area (TPSA) is 100 Å². The van der Waals surface area contributed by atoms with Gasteiger partial charge in [-0.15, -0.1) is 0 Å². The average Bonchev–Trinajstić information content (AvgIpc) is 3.05. The zero-order valence-corrected chi connectivity index (χ0v) is 18.7. The smallest absolute Gasteiger partial charge is 0.249 e. The maximum atomic E-state index is 14.4. The molecular formula is C23H31FN6O2. The number of hydrogen-bond donors (Lipinski definition) is 3. The lowest BCUT2D eigenvalue weighted by atomic mass is 9.88. The maximum absolute atomic E-state index is 14.4. The van der Waals surface area contributed by atoms with Crippen molar-refractivity contribution in [3.8, 4) is 6.19 Å². The molecule has 9 heteroatoms. The van der Waals surface area contributed by atoms with Crippen LogP contribution in [-0.2, 0) is 15.1 Å². The van der Waals surface area contributed by atoms with Crippen LogP contribution in [0.3, 0.4) is 0 Å². The first-order valence-corrected chi connectivity index (χ1v) is 11.5. The van der Waals surface area contributed by atoms with Gasteiger partial charge in [-0.25, -0.2) is 4.39 Å². The van der Waals surface area contributed by atoms with E-state index in [1.165, 1.54) is 12.1 Å². The molecule has 8 nitrogen and oxygen atoms in total. The van der Waals surface area contributed by atoms with Gasteiger partial charge in [0.25, 0.3) is 0 Å². The Kier molecular flexibility index (Phi) is 6.24. The molecule has 1 unspecified atom stereocenters. The predicted molar refractivity (Wildman–Crippen MR) is 119 cm³/mol. The van der Waals surface area contributed by atoms with Crippen molar-refractivity contribution < 1.29 is 14.0 Å². The number of fused-ring (bicyclic) bond motifs is 1. The molecule has 32 heavy (non-hydrogen) atoms. The maximum Gasteiger partial charge on any atom is 0.249 e. The summed E-state index contributed by atoms with van der Waals surface area (Å²) in [6.07, 6.45) is 5.17. The molecule has 2 saturated heterocycles. The highest BCUT2D eigenvalue weighted by molar-refractivity contribution is 6.08. The summed E-state index contributed by atoms with van der Waals surface area (Å²) in [6, 6.07) is 2.78. The third-order valence-electron chi connectivity index (χ3n) is 7.08. The minimum absolute atomic E-state index is 0.0244. The minimum Gasteiger partial charge on any atom is -0.384 e. The molecule has 2 atom stereocenters. The van der Waals surface area contributed by atoms with Gasteiger partial charge >= 0.3 is 0 Å². The quantitative estimate of drug-likeness (QED) is 0.605. The number of nitrogens with zero attached hydrogens (tertiary/aromatic N) is 3. The minimum atomic E-state index is -0.997. The van der Waals surface area contributed by atoms with Gasteiger partial charge in [0.05, 0.1) is 11.4 Å². The number of benzene rings is 1. The van der Waals surface area contributed by atoms with E-state index in [-0.39, 0.29) is 29.6 Å². The molecule has 4 rings (SSSR count). The predicted octanol–water partition coefficient (Wildman–Crippen LogP) is 2.20. The van der Waals surface area contributed by atoms with Crippen LogP contribution in [0.25, 0.3) is 0 Å². The molecule has 2 amide bonds. The van der Waals surface area contributed by atoms with Gasteiger partial charge in [-0.3, -0.25) is 14.5 Å². The van der Waals surface area contributed by atoms with E-state index in [0.717, 1.165) is 12.8 Å². The summed E-state index contributed by atoms with van der Waals surface area (Å²) < 4.78 is 14.4. The number of carbonyl (C=O) groups is 2. The van der Waals surface area contributed by atoms with Crippen molar-refractivity contribution in [1.82, 2.24) is 15.1 Å². The van der Waals surface area contributed by atoms with Crippen molar-refractivity contribution >= 4 is 23.2 Å². The van der Waals surface area contributed by atoms with Crippen molar-refractivity contribution in [2.75, 3.05) is 43.4 Å². The number of halogens is 1. The highest BCUT2D eigenvalue weighted by Crippen LogP contribution is 2.45. The number of hydrogen-bond acceptors (Lipinski definition) is 6. The Bertz CT molecular complexity index is 939. The van der Waals surface area contributed by atoms with E-state index in [2.05, 4.69) is 27.0 Å². The van der Waals surface area contributed by atoms with E-state index in [9.17, 15) is 14.0 Å². The van der Waals surface area contributed by atoms with E-state index >= 15 is 0 Å². The number of amides is 2. The van der Waals surface area contributed by atoms with Gasteiger partial charge in [0.2, 0.25) is 11.8 Å². The summed E-state index contributed by atoms with van der Waals surface area (Å²) in [6.45, 7) is 6.83. The first-order chi connectivity index (χ1) is 15.4. The van der Waals surface area contributed by atoms with Gasteiger partial charge in [0.15, 0.2) is 6.19 Å². The molecule has 0 aromatic heterocycles. The molecule has 0 saturated carbocycles. The fourth-order valence-corrected chi connectivity index (χ4v) is 5.19. The van der Waals surface area contributed by atoms with Crippen molar-refractivity contribution in [1.29, 1.82) is 5.26 Å². The van der Waals surface area contributed by atoms with E-state index < -0.39 is 5.54 Å². The third-order valence-corrected chi connectivity index (χ3v) is 7.08. The molecular weight excluding hydrogens is 411 g/mol. The van der Waals surface area contributed by atoms with Gasteiger partial charge in [-0.1, -0.05) is 0 Å². The number of carbonyl (C=O) groups excluding carboxylic acids is 2. The number of nitriles is 1. The summed E-state index contributed by atoms with van der Waals surface area (Å²) in [4.78, 5) is 29.7. The fraction of sp³-hybridized carbons (Fsp3) is 0.609. The molecule has 0 aliphatic carbocycles. The first kappa shape index (κ1) is 22.3. The molecule has 3 aliphatic heterocycles. The van der Waals surface area contributed by atoms with E-state index in [1.54, 1.807) is 4.90 Å². The van der Waals surface area contributed by atoms with Gasteiger partial charge in [0, 0.05) is 43.7 Å². The molecule has 3 N–H and O–H groups in total. The Morgan fingerprint density at radius 3 is 2.75 bits per heavy atom. The lowest BCUT2D eigenvalue weighted by Crippen LogP contribution is -2.57. The summed E-state index contributed by atoms with van der Waals surface area (Å²) in [5.41, 5.74) is 0.860. The number of piperidine rings is 2. The number of nitrogens with one attached hydrogen (secondary N) is 3. The Morgan fingerprint density at radius 2 is 2.06 bits per heavy atom. The lowest BCUT2D eigenvalue weighted by molar-refractivity contribution is -0.129. The Labute approximate surface area is 188 Å². The van der Waals surface area contributed by atoms with Crippen molar-refractivity contribution in [3.05, 3.63) is 23.5 Å². The SMILES string of the molecule is CCNc1cc(F)cc2c1NC(=O)C2(C)N1CCC[C@@H](NC(=O)C2CCN(C#N)CC2)C1. The molecule has 2 fully saturated rings. The third kappa shape index (κ3) is 3.99. The summed E-state index contributed by atoms with van der Waals surface area (Å²) in [5.74, 6) is -0.615. The lowest BCUT2D eigenvalue weighted by Gasteiger charge is -2.42. The van der Waals surface area contributed by atoms with Crippen LogP contribution in [0.5, 0.6) is 0 Å². The molecule has 0 spiro atoms. The van der Waals surface area contributed by atoms with E-state index in [0.29, 0.717) is 62.5 Å². The first-order valence-electron chi connectivity index (χ1n) is 11.5. The molecule has 3 heterocycles. The molecule has 1 aromatic rings. The number of likely N-dealkylation sites (tertiary alicyclic amines) is 2. The Balaban J connectivity index is 1.49. The molecule has 3 aliphatic rings. The Hall–Kier alpha value is -2.86. The van der Waals surface area contributed by atoms with Crippen molar-refractivity contribution in [2.24, 2.45) is 5.92 Å². The van der Waals surface area contributed by atoms with Crippen LogP contribution in [0.4, 0.5) is 15.8 Å². The van der Waals surface area contributed by atoms with Crippen LogP contribution in [0.2, 0.25) is 0 Å². The summed E-state index contributed by atoms with van der Waals surface area (Å²) in [5, 5.41) is 18.3. The second-order valence-corrected chi connectivity index (χ2v) is 9.09. The van der Waals surface area contributed by atoms with Crippen LogP contribution >= 0.6 is 0 Å². The van der Waals surface area contributed by atoms with Crippen LogP contribution in [0.15, 0.2) is 12.1 Å². The van der Waals surface area contributed by atoms with E-state index in [1.807, 2.05) is 13.8 Å². The molecule has 172 valence electrons. The van der Waals surface area contributed by atoms with Crippen LogP contribution in [-0.4, -0.2) is 60.4 Å². The monoisotopic (exact) mass is 442 g/mol. The van der Waals surface area contributed by atoms with Gasteiger partial charge in [0.1, 0.15) is 11.4 Å². The normalized spacial score (nSPS) is 26.2. The van der Waals surface area contributed by atoms with Gasteiger partial charge in [-0.2, -0.15) is 5.26 Å². The standard InChI is InChI=1S/C23H31FN6O2/c1-3-26-19-12-16(24)11-18-20(19)28-22(32)23(18,2)30-8-4-5-17(13-30)27-21(31)15-6-9-29(14-25)10-7-15/h11-12,15,17,26H,3-10,13H2,1-2H3,(H,27,31)(H,28,32)/t17-,23?/m1/s1. The summed E-state index contributed by atoms with van der Waals surface area (Å²) in [7, 11) is 0. The van der Waals surface area contributed by atoms with Gasteiger partial charge in [-0.05, 0) is 58.2 Å².